The summed E-state index contributed by atoms with van der Waals surface area (Å²) in [7, 11) is 0. The van der Waals surface area contributed by atoms with Crippen LogP contribution < -0.4 is 0 Å². The van der Waals surface area contributed by atoms with Crippen LogP contribution in [0.15, 0.2) is 12.1 Å². The number of rotatable bonds is 4. The van der Waals surface area contributed by atoms with Gasteiger partial charge < -0.3 is 19.9 Å². The first kappa shape index (κ1) is 13.4. The number of aliphatic hydroxyl groups is 1. The van der Waals surface area contributed by atoms with Crippen molar-refractivity contribution in [3.8, 4) is 5.75 Å². The van der Waals surface area contributed by atoms with Crippen LogP contribution in [-0.4, -0.2) is 32.5 Å². The zero-order chi connectivity index (χ0) is 14.2. The summed E-state index contributed by atoms with van der Waals surface area (Å²) in [5, 5.41) is 27.5. The summed E-state index contributed by atoms with van der Waals surface area (Å²) >= 11 is 0. The molecule has 6 heteroatoms. The lowest BCUT2D eigenvalue weighted by Gasteiger charge is -2.06. The number of aromatic nitrogens is 1. The maximum absolute atomic E-state index is 14.0. The number of aliphatic hydroxyl groups excluding tert-OH is 1. The second-order valence-electron chi connectivity index (χ2n) is 4.30. The first-order chi connectivity index (χ1) is 8.97. The van der Waals surface area contributed by atoms with Crippen LogP contribution in [0.5, 0.6) is 5.75 Å². The molecule has 5 nitrogen and oxygen atoms in total. The van der Waals surface area contributed by atoms with Crippen molar-refractivity contribution in [1.82, 2.24) is 4.57 Å². The molecule has 0 aliphatic rings. The molecular weight excluding hydrogens is 253 g/mol. The van der Waals surface area contributed by atoms with E-state index in [1.165, 1.54) is 12.1 Å². The Balaban J connectivity index is 2.80. The average Bonchev–Trinajstić information content (AvgIpc) is 2.60. The van der Waals surface area contributed by atoms with E-state index in [0.717, 1.165) is 0 Å². The molecule has 0 saturated heterocycles. The number of aromatic hydroxyl groups is 1. The number of phenolic OH excluding ortho intramolecular Hbond substituents is 1. The number of carbonyl (C=O) groups is 1. The summed E-state index contributed by atoms with van der Waals surface area (Å²) in [6.07, 6.45) is -0.332. The zero-order valence-electron chi connectivity index (χ0n) is 10.4. The van der Waals surface area contributed by atoms with E-state index in [0.29, 0.717) is 16.8 Å². The Labute approximate surface area is 108 Å². The van der Waals surface area contributed by atoms with Gasteiger partial charge in [-0.15, -0.1) is 0 Å². The van der Waals surface area contributed by atoms with Crippen molar-refractivity contribution in [2.45, 2.75) is 19.9 Å². The SMILES string of the molecule is Cc1c(CC(=O)O)c2c(F)c(O)ccc2n1CCO. The molecule has 0 fully saturated rings. The predicted octanol–water partition coefficient (Wildman–Crippen LogP) is 1.41. The van der Waals surface area contributed by atoms with Crippen LogP contribution in [0.2, 0.25) is 0 Å². The molecule has 0 unspecified atom stereocenters. The largest absolute Gasteiger partial charge is 0.505 e. The van der Waals surface area contributed by atoms with Gasteiger partial charge in [-0.2, -0.15) is 0 Å². The maximum Gasteiger partial charge on any atom is 0.307 e. The van der Waals surface area contributed by atoms with E-state index in [1.54, 1.807) is 11.5 Å². The van der Waals surface area contributed by atoms with Crippen LogP contribution in [0, 0.1) is 12.7 Å². The Morgan fingerprint density at radius 1 is 1.42 bits per heavy atom. The van der Waals surface area contributed by atoms with Crippen molar-refractivity contribution < 1.29 is 24.5 Å². The van der Waals surface area contributed by atoms with Gasteiger partial charge in [0.25, 0.3) is 0 Å². The number of halogens is 1. The standard InChI is InChI=1S/C13H14FNO4/c1-7-8(6-11(18)19)12-9(15(7)4-5-16)2-3-10(17)13(12)14/h2-3,16-17H,4-6H2,1H3,(H,18,19). The molecule has 0 saturated carbocycles. The van der Waals surface area contributed by atoms with Crippen molar-refractivity contribution in [2.24, 2.45) is 0 Å². The number of fused-ring (bicyclic) bond motifs is 1. The monoisotopic (exact) mass is 267 g/mol. The Bertz CT molecular complexity index is 648. The highest BCUT2D eigenvalue weighted by atomic mass is 19.1. The minimum absolute atomic E-state index is 0.105. The lowest BCUT2D eigenvalue weighted by molar-refractivity contribution is -0.136. The van der Waals surface area contributed by atoms with E-state index in [9.17, 15) is 14.3 Å². The Morgan fingerprint density at radius 3 is 2.68 bits per heavy atom. The summed E-state index contributed by atoms with van der Waals surface area (Å²) in [6.45, 7) is 1.77. The fraction of sp³-hybridized carbons (Fsp3) is 0.308. The molecule has 0 aliphatic carbocycles. The number of phenols is 1. The molecule has 2 aromatic rings. The van der Waals surface area contributed by atoms with Crippen LogP contribution in [-0.2, 0) is 17.8 Å². The quantitative estimate of drug-likeness (QED) is 0.782. The van der Waals surface area contributed by atoms with Gasteiger partial charge in [-0.25, -0.2) is 4.39 Å². The van der Waals surface area contributed by atoms with Gasteiger partial charge >= 0.3 is 5.97 Å². The molecule has 3 N–H and O–H groups in total. The maximum atomic E-state index is 14.0. The van der Waals surface area contributed by atoms with Crippen LogP contribution in [0.3, 0.4) is 0 Å². The topological polar surface area (TPSA) is 82.7 Å². The second-order valence-corrected chi connectivity index (χ2v) is 4.30. The molecule has 0 radical (unpaired) electrons. The second kappa shape index (κ2) is 4.89. The number of aliphatic carboxylic acids is 1. The van der Waals surface area contributed by atoms with E-state index in [1.807, 2.05) is 0 Å². The normalized spacial score (nSPS) is 11.1. The highest BCUT2D eigenvalue weighted by Gasteiger charge is 2.20. The molecule has 1 aromatic heterocycles. The number of nitrogens with zero attached hydrogens (tertiary/aromatic N) is 1. The first-order valence-electron chi connectivity index (χ1n) is 5.79. The van der Waals surface area contributed by atoms with Crippen molar-refractivity contribution in [3.05, 3.63) is 29.2 Å². The fourth-order valence-electron chi connectivity index (χ4n) is 2.35. The molecule has 1 heterocycles. The number of carboxylic acids is 1. The van der Waals surface area contributed by atoms with Crippen LogP contribution >= 0.6 is 0 Å². The van der Waals surface area contributed by atoms with Gasteiger partial charge in [0.2, 0.25) is 0 Å². The molecule has 0 bridgehead atoms. The lowest BCUT2D eigenvalue weighted by atomic mass is 10.1. The van der Waals surface area contributed by atoms with Crippen molar-refractivity contribution >= 4 is 16.9 Å². The number of hydrogen-bond donors (Lipinski definition) is 3. The minimum atomic E-state index is -1.08. The summed E-state index contributed by atoms with van der Waals surface area (Å²) < 4.78 is 15.7. The van der Waals surface area contributed by atoms with Crippen LogP contribution in [0.1, 0.15) is 11.3 Å². The van der Waals surface area contributed by atoms with Crippen molar-refractivity contribution in [3.63, 3.8) is 0 Å². The van der Waals surface area contributed by atoms with E-state index < -0.39 is 17.5 Å². The van der Waals surface area contributed by atoms with E-state index in [4.69, 9.17) is 10.2 Å². The first-order valence-corrected chi connectivity index (χ1v) is 5.79. The third-order valence-corrected chi connectivity index (χ3v) is 3.19. The molecule has 102 valence electrons. The molecule has 0 atom stereocenters. The zero-order valence-corrected chi connectivity index (χ0v) is 10.4. The summed E-state index contributed by atoms with van der Waals surface area (Å²) in [5.41, 5.74) is 1.37. The number of benzene rings is 1. The van der Waals surface area contributed by atoms with Gasteiger partial charge in [0.15, 0.2) is 11.6 Å². The van der Waals surface area contributed by atoms with Crippen molar-refractivity contribution in [2.75, 3.05) is 6.61 Å². The Hall–Kier alpha value is -2.08. The molecular formula is C13H14FNO4. The fourth-order valence-corrected chi connectivity index (χ4v) is 2.35. The predicted molar refractivity (Wildman–Crippen MR) is 66.7 cm³/mol. The molecule has 2 rings (SSSR count). The summed E-state index contributed by atoms with van der Waals surface area (Å²) in [4.78, 5) is 10.9. The number of carboxylic acid groups (broad SMARTS) is 1. The molecule has 1 aromatic carbocycles. The van der Waals surface area contributed by atoms with Gasteiger partial charge in [0, 0.05) is 17.6 Å². The van der Waals surface area contributed by atoms with Gasteiger partial charge in [-0.1, -0.05) is 0 Å². The van der Waals surface area contributed by atoms with Gasteiger partial charge in [0.1, 0.15) is 0 Å². The smallest absolute Gasteiger partial charge is 0.307 e. The Kier molecular flexibility index (Phi) is 3.44. The highest BCUT2D eigenvalue weighted by Crippen LogP contribution is 2.32. The van der Waals surface area contributed by atoms with Crippen molar-refractivity contribution in [1.29, 1.82) is 0 Å². The molecule has 0 amide bonds. The van der Waals surface area contributed by atoms with Crippen LogP contribution in [0.25, 0.3) is 10.9 Å². The number of hydrogen-bond acceptors (Lipinski definition) is 3. The van der Waals surface area contributed by atoms with E-state index in [2.05, 4.69) is 0 Å². The molecule has 0 spiro atoms. The minimum Gasteiger partial charge on any atom is -0.505 e. The highest BCUT2D eigenvalue weighted by molar-refractivity contribution is 5.90. The van der Waals surface area contributed by atoms with Gasteiger partial charge in [-0.3, -0.25) is 4.79 Å². The van der Waals surface area contributed by atoms with Gasteiger partial charge in [-0.05, 0) is 24.6 Å². The lowest BCUT2D eigenvalue weighted by Crippen LogP contribution is -2.06. The summed E-state index contributed by atoms with van der Waals surface area (Å²) in [5.74, 6) is -2.41. The third kappa shape index (κ3) is 2.15. The molecule has 19 heavy (non-hydrogen) atoms. The third-order valence-electron chi connectivity index (χ3n) is 3.19. The molecule has 0 aliphatic heterocycles. The van der Waals surface area contributed by atoms with Gasteiger partial charge in [0.05, 0.1) is 18.5 Å². The summed E-state index contributed by atoms with van der Waals surface area (Å²) in [6, 6.07) is 2.73. The van der Waals surface area contributed by atoms with E-state index in [-0.39, 0.29) is 25.0 Å². The van der Waals surface area contributed by atoms with Crippen LogP contribution in [0.4, 0.5) is 4.39 Å². The van der Waals surface area contributed by atoms with E-state index >= 15 is 0 Å². The Morgan fingerprint density at radius 2 is 2.11 bits per heavy atom. The average molecular weight is 267 g/mol.